The largest absolute Gasteiger partial charge is 0.490 e. The lowest BCUT2D eigenvalue weighted by Crippen LogP contribution is -2.41. The van der Waals surface area contributed by atoms with Gasteiger partial charge in [-0.05, 0) is 37.1 Å². The van der Waals surface area contributed by atoms with Gasteiger partial charge >= 0.3 is 0 Å². The van der Waals surface area contributed by atoms with Crippen LogP contribution in [0.2, 0.25) is 0 Å². The molecule has 0 unspecified atom stereocenters. The third-order valence-electron chi connectivity index (χ3n) is 4.46. The van der Waals surface area contributed by atoms with Crippen LogP contribution in [0, 0.1) is 13.8 Å². The van der Waals surface area contributed by atoms with Crippen molar-refractivity contribution in [3.8, 4) is 5.75 Å². The van der Waals surface area contributed by atoms with Crippen LogP contribution in [0.15, 0.2) is 23.6 Å². The van der Waals surface area contributed by atoms with Crippen LogP contribution >= 0.6 is 11.3 Å². The van der Waals surface area contributed by atoms with Crippen molar-refractivity contribution >= 4 is 17.2 Å². The molecule has 1 aromatic carbocycles. The maximum absolute atomic E-state index is 12.5. The third-order valence-corrected chi connectivity index (χ3v) is 5.33. The van der Waals surface area contributed by atoms with Crippen molar-refractivity contribution in [2.45, 2.75) is 39.3 Å². The number of rotatable bonds is 4. The number of nitrogens with zero attached hydrogens (tertiary/aromatic N) is 2. The number of carbonyl (C=O) groups excluding carboxylic acids is 1. The Morgan fingerprint density at radius 1 is 1.33 bits per heavy atom. The number of aromatic nitrogens is 1. The quantitative estimate of drug-likeness (QED) is 0.925. The van der Waals surface area contributed by atoms with Crippen molar-refractivity contribution in [2.75, 3.05) is 13.1 Å². The van der Waals surface area contributed by atoms with Gasteiger partial charge < -0.3 is 15.4 Å². The van der Waals surface area contributed by atoms with Gasteiger partial charge in [-0.2, -0.15) is 0 Å². The second-order valence-electron chi connectivity index (χ2n) is 6.19. The summed E-state index contributed by atoms with van der Waals surface area (Å²) >= 11 is 1.44. The Labute approximate surface area is 146 Å². The van der Waals surface area contributed by atoms with Crippen molar-refractivity contribution in [1.82, 2.24) is 9.88 Å². The zero-order valence-electron chi connectivity index (χ0n) is 14.1. The number of ether oxygens (including phenoxy) is 1. The lowest BCUT2D eigenvalue weighted by atomic mass is 10.1. The molecule has 3 rings (SSSR count). The van der Waals surface area contributed by atoms with E-state index in [2.05, 4.69) is 31.0 Å². The summed E-state index contributed by atoms with van der Waals surface area (Å²) in [6.07, 6.45) is 1.84. The van der Waals surface area contributed by atoms with Crippen LogP contribution in [-0.2, 0) is 6.54 Å². The van der Waals surface area contributed by atoms with Gasteiger partial charge in [-0.1, -0.05) is 6.07 Å². The number of likely N-dealkylation sites (tertiary alicyclic amines) is 1. The van der Waals surface area contributed by atoms with Gasteiger partial charge in [0.25, 0.3) is 5.91 Å². The summed E-state index contributed by atoms with van der Waals surface area (Å²) in [5, 5.41) is 2.59. The molecule has 5 nitrogen and oxygen atoms in total. The molecule has 1 amide bonds. The molecule has 2 heterocycles. The molecule has 1 saturated heterocycles. The van der Waals surface area contributed by atoms with Crippen LogP contribution in [0.4, 0.5) is 0 Å². The van der Waals surface area contributed by atoms with E-state index in [-0.39, 0.29) is 12.0 Å². The summed E-state index contributed by atoms with van der Waals surface area (Å²) in [6, 6.07) is 6.18. The van der Waals surface area contributed by atoms with E-state index in [0.717, 1.165) is 23.6 Å². The first-order valence-corrected chi connectivity index (χ1v) is 9.12. The van der Waals surface area contributed by atoms with Crippen molar-refractivity contribution in [3.63, 3.8) is 0 Å². The molecule has 2 aromatic rings. The van der Waals surface area contributed by atoms with E-state index in [4.69, 9.17) is 10.5 Å². The van der Waals surface area contributed by atoms with E-state index in [1.165, 1.54) is 22.5 Å². The highest BCUT2D eigenvalue weighted by atomic mass is 32.1. The van der Waals surface area contributed by atoms with Crippen LogP contribution in [0.3, 0.4) is 0 Å². The number of thiazole rings is 1. The van der Waals surface area contributed by atoms with Gasteiger partial charge in [0.1, 0.15) is 22.6 Å². The molecule has 6 heteroatoms. The van der Waals surface area contributed by atoms with Crippen molar-refractivity contribution in [1.29, 1.82) is 0 Å². The number of amides is 1. The number of nitrogens with two attached hydrogens (primary N) is 1. The third kappa shape index (κ3) is 3.76. The van der Waals surface area contributed by atoms with E-state index < -0.39 is 0 Å². The molecule has 0 saturated carbocycles. The lowest BCUT2D eigenvalue weighted by molar-refractivity contribution is 0.0590. The first-order valence-electron chi connectivity index (χ1n) is 8.24. The Bertz CT molecular complexity index is 721. The molecule has 0 radical (unpaired) electrons. The van der Waals surface area contributed by atoms with Gasteiger partial charge in [0.2, 0.25) is 0 Å². The second kappa shape index (κ2) is 7.32. The molecule has 0 spiro atoms. The highest BCUT2D eigenvalue weighted by Crippen LogP contribution is 2.22. The van der Waals surface area contributed by atoms with Gasteiger partial charge in [-0.15, -0.1) is 11.3 Å². The maximum atomic E-state index is 12.5. The summed E-state index contributed by atoms with van der Waals surface area (Å²) in [4.78, 5) is 18.6. The summed E-state index contributed by atoms with van der Waals surface area (Å²) in [5.74, 6) is 0.908. The number of benzene rings is 1. The zero-order valence-corrected chi connectivity index (χ0v) is 14.9. The van der Waals surface area contributed by atoms with Crippen LogP contribution in [0.1, 0.15) is 39.5 Å². The van der Waals surface area contributed by atoms with Gasteiger partial charge in [0.15, 0.2) is 0 Å². The molecule has 1 aliphatic heterocycles. The van der Waals surface area contributed by atoms with Crippen molar-refractivity contribution in [2.24, 2.45) is 5.73 Å². The maximum Gasteiger partial charge on any atom is 0.273 e. The Morgan fingerprint density at radius 3 is 2.71 bits per heavy atom. The number of hydrogen-bond donors (Lipinski definition) is 1. The number of aryl methyl sites for hydroxylation is 2. The minimum Gasteiger partial charge on any atom is -0.490 e. The summed E-state index contributed by atoms with van der Waals surface area (Å²) in [7, 11) is 0. The Balaban J connectivity index is 1.55. The molecule has 0 atom stereocenters. The standard InChI is InChI=1S/C18H23N3O2S/c1-12-3-4-15(9-13(12)2)23-14-5-7-21(8-6-14)18(22)16-11-24-17(10-19)20-16/h3-4,9,11,14H,5-8,10,19H2,1-2H3. The van der Waals surface area contributed by atoms with E-state index in [1.54, 1.807) is 5.38 Å². The molecule has 2 N–H and O–H groups in total. The summed E-state index contributed by atoms with van der Waals surface area (Å²) in [5.41, 5.74) is 8.57. The zero-order chi connectivity index (χ0) is 17.1. The predicted molar refractivity (Wildman–Crippen MR) is 95.5 cm³/mol. The van der Waals surface area contributed by atoms with Gasteiger partial charge in [0.05, 0.1) is 0 Å². The van der Waals surface area contributed by atoms with E-state index >= 15 is 0 Å². The van der Waals surface area contributed by atoms with E-state index in [9.17, 15) is 4.79 Å². The summed E-state index contributed by atoms with van der Waals surface area (Å²) < 4.78 is 6.08. The number of carbonyl (C=O) groups is 1. The first-order chi connectivity index (χ1) is 11.6. The van der Waals surface area contributed by atoms with Crippen LogP contribution < -0.4 is 10.5 Å². The first kappa shape index (κ1) is 16.9. The molecule has 1 aromatic heterocycles. The van der Waals surface area contributed by atoms with Gasteiger partial charge in [-0.3, -0.25) is 4.79 Å². The lowest BCUT2D eigenvalue weighted by Gasteiger charge is -2.32. The molecule has 24 heavy (non-hydrogen) atoms. The molecular formula is C18H23N3O2S. The van der Waals surface area contributed by atoms with Crippen molar-refractivity contribution in [3.05, 3.63) is 45.4 Å². The number of piperidine rings is 1. The fourth-order valence-electron chi connectivity index (χ4n) is 2.82. The monoisotopic (exact) mass is 345 g/mol. The molecular weight excluding hydrogens is 322 g/mol. The predicted octanol–water partition coefficient (Wildman–Crippen LogP) is 2.90. The van der Waals surface area contributed by atoms with Gasteiger partial charge in [-0.25, -0.2) is 4.98 Å². The van der Waals surface area contributed by atoms with Crippen LogP contribution in [-0.4, -0.2) is 35.0 Å². The topological polar surface area (TPSA) is 68.5 Å². The number of hydrogen-bond acceptors (Lipinski definition) is 5. The molecule has 0 aliphatic carbocycles. The molecule has 1 aliphatic rings. The Kier molecular flexibility index (Phi) is 5.16. The SMILES string of the molecule is Cc1ccc(OC2CCN(C(=O)c3csc(CN)n3)CC2)cc1C. The van der Waals surface area contributed by atoms with Crippen LogP contribution in [0.5, 0.6) is 5.75 Å². The average Bonchev–Trinajstić information content (AvgIpc) is 3.07. The van der Waals surface area contributed by atoms with Crippen molar-refractivity contribution < 1.29 is 9.53 Å². The Morgan fingerprint density at radius 2 is 2.08 bits per heavy atom. The van der Waals surface area contributed by atoms with Gasteiger partial charge in [0, 0.05) is 37.9 Å². The minimum absolute atomic E-state index is 0.00409. The normalized spacial score (nSPS) is 15.5. The average molecular weight is 345 g/mol. The highest BCUT2D eigenvalue weighted by Gasteiger charge is 2.26. The second-order valence-corrected chi connectivity index (χ2v) is 7.13. The highest BCUT2D eigenvalue weighted by molar-refractivity contribution is 7.09. The van der Waals surface area contributed by atoms with Crippen LogP contribution in [0.25, 0.3) is 0 Å². The smallest absolute Gasteiger partial charge is 0.273 e. The fraction of sp³-hybridized carbons (Fsp3) is 0.444. The molecule has 0 bridgehead atoms. The fourth-order valence-corrected chi connectivity index (χ4v) is 3.47. The van der Waals surface area contributed by atoms with E-state index in [1.807, 2.05) is 11.0 Å². The minimum atomic E-state index is -0.00409. The molecule has 128 valence electrons. The Hall–Kier alpha value is -1.92. The van der Waals surface area contributed by atoms with E-state index in [0.29, 0.717) is 25.3 Å². The molecule has 1 fully saturated rings. The summed E-state index contributed by atoms with van der Waals surface area (Å²) in [6.45, 7) is 5.96.